The molecule has 0 spiro atoms. The third-order valence-corrected chi connectivity index (χ3v) is 3.79. The van der Waals surface area contributed by atoms with E-state index in [1.807, 2.05) is 50.0 Å². The second kappa shape index (κ2) is 5.48. The van der Waals surface area contributed by atoms with Crippen molar-refractivity contribution in [3.63, 3.8) is 0 Å². The first-order valence-electron chi connectivity index (χ1n) is 7.00. The Balaban J connectivity index is 2.00. The molecule has 1 unspecified atom stereocenters. The molecule has 0 bridgehead atoms. The fourth-order valence-electron chi connectivity index (χ4n) is 2.49. The Hall–Kier alpha value is -1.88. The molecule has 0 N–H and O–H groups in total. The Bertz CT molecular complexity index is 772. The van der Waals surface area contributed by atoms with Crippen LogP contribution in [0.5, 0.6) is 0 Å². The molecule has 3 heterocycles. The molecule has 110 valence electrons. The fourth-order valence-corrected chi connectivity index (χ4v) is 2.65. The van der Waals surface area contributed by atoms with E-state index < -0.39 is 0 Å². The Morgan fingerprint density at radius 2 is 2.10 bits per heavy atom. The van der Waals surface area contributed by atoms with Gasteiger partial charge in [-0.05, 0) is 26.0 Å². The molecule has 0 aromatic carbocycles. The number of rotatable bonds is 4. The van der Waals surface area contributed by atoms with Crippen LogP contribution in [0.1, 0.15) is 29.6 Å². The first-order valence-corrected chi connectivity index (χ1v) is 7.44. The molecule has 0 radical (unpaired) electrons. The molecule has 6 heteroatoms. The average molecular weight is 304 g/mol. The van der Waals surface area contributed by atoms with Gasteiger partial charge >= 0.3 is 0 Å². The first-order chi connectivity index (χ1) is 10.1. The van der Waals surface area contributed by atoms with Crippen LogP contribution in [0.25, 0.3) is 11.2 Å². The Morgan fingerprint density at radius 1 is 1.29 bits per heavy atom. The quantitative estimate of drug-likeness (QED) is 0.696. The molecule has 5 nitrogen and oxygen atoms in total. The lowest BCUT2D eigenvalue weighted by atomic mass is 10.3. The van der Waals surface area contributed by atoms with Gasteiger partial charge in [0.25, 0.3) is 0 Å². The smallest absolute Gasteiger partial charge is 0.160 e. The van der Waals surface area contributed by atoms with Gasteiger partial charge in [-0.2, -0.15) is 0 Å². The summed E-state index contributed by atoms with van der Waals surface area (Å²) in [6.45, 7) is 4.69. The van der Waals surface area contributed by atoms with Crippen LogP contribution in [0.4, 0.5) is 0 Å². The van der Waals surface area contributed by atoms with E-state index in [4.69, 9.17) is 11.6 Å². The number of hydrogen-bond donors (Lipinski definition) is 0. The van der Waals surface area contributed by atoms with Gasteiger partial charge in [0.05, 0.1) is 5.38 Å². The lowest BCUT2D eigenvalue weighted by Gasteiger charge is -2.10. The molecule has 3 aromatic rings. The van der Waals surface area contributed by atoms with Crippen LogP contribution in [0.2, 0.25) is 0 Å². The minimum absolute atomic E-state index is 0.152. The highest BCUT2D eigenvalue weighted by Crippen LogP contribution is 2.24. The molecule has 3 aromatic heterocycles. The van der Waals surface area contributed by atoms with E-state index in [2.05, 4.69) is 19.5 Å². The third kappa shape index (κ3) is 2.65. The van der Waals surface area contributed by atoms with Crippen molar-refractivity contribution in [3.05, 3.63) is 41.9 Å². The summed E-state index contributed by atoms with van der Waals surface area (Å²) in [6.07, 6.45) is 4.59. The minimum atomic E-state index is -0.152. The van der Waals surface area contributed by atoms with Gasteiger partial charge in [-0.25, -0.2) is 15.0 Å². The van der Waals surface area contributed by atoms with E-state index in [0.29, 0.717) is 0 Å². The minimum Gasteiger partial charge on any atom is -0.338 e. The summed E-state index contributed by atoms with van der Waals surface area (Å²) >= 11 is 6.28. The molecule has 0 aliphatic rings. The highest BCUT2D eigenvalue weighted by atomic mass is 35.5. The van der Waals surface area contributed by atoms with Crippen molar-refractivity contribution in [3.8, 4) is 0 Å². The number of fused-ring (bicyclic) bond motifs is 1. The number of aromatic nitrogens is 5. The number of imidazole rings is 2. The van der Waals surface area contributed by atoms with Crippen molar-refractivity contribution in [2.75, 3.05) is 0 Å². The van der Waals surface area contributed by atoms with E-state index in [-0.39, 0.29) is 5.38 Å². The van der Waals surface area contributed by atoms with Gasteiger partial charge in [-0.15, -0.1) is 11.6 Å². The summed E-state index contributed by atoms with van der Waals surface area (Å²) in [6, 6.07) is 3.97. The van der Waals surface area contributed by atoms with Crippen LogP contribution in [0.15, 0.2) is 24.5 Å². The predicted molar refractivity (Wildman–Crippen MR) is 83.4 cm³/mol. The highest BCUT2D eigenvalue weighted by molar-refractivity contribution is 6.20. The average Bonchev–Trinajstić information content (AvgIpc) is 3.00. The fraction of sp³-hybridized carbons (Fsp3) is 0.400. The SMILES string of the molecule is Cc1ccc2nc(C(C)Cl)n(CCc3nccn3C)c2n1. The molecular formula is C15H18ClN5. The van der Waals surface area contributed by atoms with Crippen molar-refractivity contribution in [2.24, 2.45) is 7.05 Å². The van der Waals surface area contributed by atoms with E-state index in [1.165, 1.54) is 0 Å². The molecule has 0 saturated carbocycles. The zero-order valence-electron chi connectivity index (χ0n) is 12.4. The highest BCUT2D eigenvalue weighted by Gasteiger charge is 2.16. The number of aryl methyl sites for hydroxylation is 4. The summed E-state index contributed by atoms with van der Waals surface area (Å²) in [4.78, 5) is 13.6. The molecule has 21 heavy (non-hydrogen) atoms. The number of nitrogens with zero attached hydrogens (tertiary/aromatic N) is 5. The number of halogens is 1. The van der Waals surface area contributed by atoms with E-state index >= 15 is 0 Å². The van der Waals surface area contributed by atoms with Crippen molar-refractivity contribution in [1.29, 1.82) is 0 Å². The lowest BCUT2D eigenvalue weighted by Crippen LogP contribution is -2.10. The van der Waals surface area contributed by atoms with Gasteiger partial charge in [0.15, 0.2) is 5.65 Å². The van der Waals surface area contributed by atoms with Gasteiger partial charge in [0.1, 0.15) is 17.2 Å². The molecular weight excluding hydrogens is 286 g/mol. The van der Waals surface area contributed by atoms with Crippen LogP contribution in [-0.4, -0.2) is 24.1 Å². The summed E-state index contributed by atoms with van der Waals surface area (Å²) in [5.74, 6) is 1.90. The second-order valence-electron chi connectivity index (χ2n) is 5.24. The van der Waals surface area contributed by atoms with Gasteiger partial charge < -0.3 is 9.13 Å². The monoisotopic (exact) mass is 303 g/mol. The van der Waals surface area contributed by atoms with E-state index in [0.717, 1.165) is 41.5 Å². The van der Waals surface area contributed by atoms with E-state index in [1.54, 1.807) is 0 Å². The second-order valence-corrected chi connectivity index (χ2v) is 5.89. The van der Waals surface area contributed by atoms with Crippen molar-refractivity contribution < 1.29 is 0 Å². The molecule has 0 fully saturated rings. The van der Waals surface area contributed by atoms with Crippen LogP contribution in [0.3, 0.4) is 0 Å². The summed E-state index contributed by atoms with van der Waals surface area (Å²) in [5.41, 5.74) is 2.77. The predicted octanol–water partition coefficient (Wildman–Crippen LogP) is 3.02. The Morgan fingerprint density at radius 3 is 2.76 bits per heavy atom. The Kier molecular flexibility index (Phi) is 3.68. The van der Waals surface area contributed by atoms with Crippen LogP contribution in [0, 0.1) is 6.92 Å². The zero-order valence-corrected chi connectivity index (χ0v) is 13.2. The van der Waals surface area contributed by atoms with E-state index in [9.17, 15) is 0 Å². The molecule has 0 amide bonds. The van der Waals surface area contributed by atoms with Gasteiger partial charge in [-0.1, -0.05) is 0 Å². The molecule has 0 aliphatic carbocycles. The standard InChI is InChI=1S/C15H18ClN5/c1-10-4-5-12-15(18-10)21(14(19-12)11(2)16)8-6-13-17-7-9-20(13)3/h4-5,7,9,11H,6,8H2,1-3H3. The maximum Gasteiger partial charge on any atom is 0.160 e. The maximum atomic E-state index is 6.28. The van der Waals surface area contributed by atoms with Gasteiger partial charge in [0.2, 0.25) is 0 Å². The maximum absolute atomic E-state index is 6.28. The summed E-state index contributed by atoms with van der Waals surface area (Å²) in [7, 11) is 2.00. The molecule has 0 saturated heterocycles. The Labute approximate surface area is 128 Å². The number of alkyl halides is 1. The van der Waals surface area contributed by atoms with Crippen molar-refractivity contribution in [1.82, 2.24) is 24.1 Å². The normalized spacial score (nSPS) is 13.0. The van der Waals surface area contributed by atoms with Gasteiger partial charge in [-0.3, -0.25) is 0 Å². The van der Waals surface area contributed by atoms with Crippen molar-refractivity contribution >= 4 is 22.8 Å². The number of pyridine rings is 1. The zero-order chi connectivity index (χ0) is 15.0. The van der Waals surface area contributed by atoms with Crippen LogP contribution >= 0.6 is 11.6 Å². The number of hydrogen-bond acceptors (Lipinski definition) is 3. The van der Waals surface area contributed by atoms with Gasteiger partial charge in [0, 0.05) is 38.1 Å². The van der Waals surface area contributed by atoms with Crippen molar-refractivity contribution in [2.45, 2.75) is 32.2 Å². The summed E-state index contributed by atoms with van der Waals surface area (Å²) in [5, 5.41) is -0.152. The van der Waals surface area contributed by atoms with Crippen LogP contribution < -0.4 is 0 Å². The summed E-state index contributed by atoms with van der Waals surface area (Å²) < 4.78 is 4.14. The molecule has 3 rings (SSSR count). The topological polar surface area (TPSA) is 48.5 Å². The molecule has 0 aliphatic heterocycles. The molecule has 1 atom stereocenters. The van der Waals surface area contributed by atoms with Crippen LogP contribution in [-0.2, 0) is 20.0 Å². The largest absolute Gasteiger partial charge is 0.338 e. The third-order valence-electron chi connectivity index (χ3n) is 3.60. The first kappa shape index (κ1) is 14.1. The lowest BCUT2D eigenvalue weighted by molar-refractivity contribution is 0.629.